The molecule has 0 aliphatic heterocycles. The molecule has 0 radical (unpaired) electrons. The van der Waals surface area contributed by atoms with Crippen LogP contribution in [0.1, 0.15) is 37.3 Å². The fourth-order valence-corrected chi connectivity index (χ4v) is 3.53. The minimum absolute atomic E-state index is 0.0267. The number of ether oxygens (including phenoxy) is 2. The molecule has 3 nitrogen and oxygen atoms in total. The second-order valence-corrected chi connectivity index (χ2v) is 5.83. The van der Waals surface area contributed by atoms with Crippen LogP contribution in [-0.4, -0.2) is 20.0 Å². The van der Waals surface area contributed by atoms with Crippen LogP contribution in [0, 0.1) is 0 Å². The maximum absolute atomic E-state index is 11.7. The Labute approximate surface area is 119 Å². The fourth-order valence-electron chi connectivity index (χ4n) is 3.53. The lowest BCUT2D eigenvalue weighted by molar-refractivity contribution is -0.115. The van der Waals surface area contributed by atoms with E-state index < -0.39 is 0 Å². The molecular weight excluding hydrogens is 252 g/mol. The first kappa shape index (κ1) is 13.2. The number of benzene rings is 1. The molecule has 1 atom stereocenters. The number of rotatable bonds is 2. The molecule has 0 saturated carbocycles. The summed E-state index contributed by atoms with van der Waals surface area (Å²) in [4.78, 5) is 11.7. The van der Waals surface area contributed by atoms with E-state index in [0.29, 0.717) is 6.42 Å². The van der Waals surface area contributed by atoms with Gasteiger partial charge in [0, 0.05) is 11.8 Å². The Morgan fingerprint density at radius 2 is 1.75 bits per heavy atom. The summed E-state index contributed by atoms with van der Waals surface area (Å²) in [6, 6.07) is 4.18. The van der Waals surface area contributed by atoms with Crippen LogP contribution in [0.4, 0.5) is 0 Å². The van der Waals surface area contributed by atoms with E-state index in [2.05, 4.69) is 19.1 Å². The van der Waals surface area contributed by atoms with Crippen LogP contribution in [-0.2, 0) is 16.6 Å². The smallest absolute Gasteiger partial charge is 0.161 e. The van der Waals surface area contributed by atoms with Gasteiger partial charge in [0.1, 0.15) is 0 Å². The Morgan fingerprint density at radius 3 is 2.45 bits per heavy atom. The lowest BCUT2D eigenvalue weighted by Gasteiger charge is -2.41. The molecule has 106 valence electrons. The first-order valence-electron chi connectivity index (χ1n) is 7.08. The van der Waals surface area contributed by atoms with Crippen molar-refractivity contribution in [1.82, 2.24) is 0 Å². The second-order valence-electron chi connectivity index (χ2n) is 5.83. The minimum Gasteiger partial charge on any atom is -0.493 e. The zero-order valence-electron chi connectivity index (χ0n) is 12.3. The Hall–Kier alpha value is -1.77. The van der Waals surface area contributed by atoms with Crippen LogP contribution in [0.25, 0.3) is 0 Å². The molecule has 0 heterocycles. The molecule has 0 aromatic heterocycles. The van der Waals surface area contributed by atoms with E-state index in [1.807, 2.05) is 6.08 Å². The Morgan fingerprint density at radius 1 is 1.05 bits per heavy atom. The van der Waals surface area contributed by atoms with Crippen LogP contribution in [0.3, 0.4) is 0 Å². The molecule has 0 spiro atoms. The van der Waals surface area contributed by atoms with Crippen molar-refractivity contribution in [2.75, 3.05) is 14.2 Å². The van der Waals surface area contributed by atoms with Gasteiger partial charge in [0.25, 0.3) is 0 Å². The number of aryl methyl sites for hydroxylation is 1. The summed E-state index contributed by atoms with van der Waals surface area (Å²) < 4.78 is 10.8. The topological polar surface area (TPSA) is 35.5 Å². The van der Waals surface area contributed by atoms with Crippen molar-refractivity contribution in [3.8, 4) is 11.5 Å². The Bertz CT molecular complexity index is 600. The maximum Gasteiger partial charge on any atom is 0.161 e. The van der Waals surface area contributed by atoms with E-state index >= 15 is 0 Å². The van der Waals surface area contributed by atoms with Gasteiger partial charge in [0.2, 0.25) is 0 Å². The van der Waals surface area contributed by atoms with E-state index in [4.69, 9.17) is 9.47 Å². The van der Waals surface area contributed by atoms with Crippen LogP contribution in [0.5, 0.6) is 11.5 Å². The second kappa shape index (κ2) is 4.65. The number of methoxy groups -OCH3 is 2. The largest absolute Gasteiger partial charge is 0.493 e. The highest BCUT2D eigenvalue weighted by Crippen LogP contribution is 2.49. The highest BCUT2D eigenvalue weighted by Gasteiger charge is 2.39. The van der Waals surface area contributed by atoms with Gasteiger partial charge in [-0.3, -0.25) is 4.79 Å². The van der Waals surface area contributed by atoms with Gasteiger partial charge >= 0.3 is 0 Å². The third-order valence-corrected chi connectivity index (χ3v) is 4.78. The Balaban J connectivity index is 2.17. The van der Waals surface area contributed by atoms with Crippen LogP contribution >= 0.6 is 0 Å². The number of carbonyl (C=O) groups is 1. The van der Waals surface area contributed by atoms with Crippen LogP contribution < -0.4 is 9.47 Å². The molecule has 3 heteroatoms. The van der Waals surface area contributed by atoms with Crippen molar-refractivity contribution in [1.29, 1.82) is 0 Å². The van der Waals surface area contributed by atoms with Crippen LogP contribution in [0.2, 0.25) is 0 Å². The Kier molecular flexibility index (Phi) is 3.08. The van der Waals surface area contributed by atoms with Gasteiger partial charge in [-0.15, -0.1) is 0 Å². The third-order valence-electron chi connectivity index (χ3n) is 4.78. The minimum atomic E-state index is -0.0267. The number of hydrogen-bond acceptors (Lipinski definition) is 3. The van der Waals surface area contributed by atoms with Crippen LogP contribution in [0.15, 0.2) is 23.8 Å². The highest BCUT2D eigenvalue weighted by atomic mass is 16.5. The molecule has 2 aliphatic carbocycles. The number of carbonyl (C=O) groups excluding carboxylic acids is 1. The molecular formula is C17H20O3. The zero-order chi connectivity index (χ0) is 14.3. The molecule has 3 rings (SSSR count). The lowest BCUT2D eigenvalue weighted by atomic mass is 9.63. The van der Waals surface area contributed by atoms with E-state index in [1.165, 1.54) is 16.7 Å². The van der Waals surface area contributed by atoms with E-state index in [1.54, 1.807) is 14.2 Å². The molecule has 0 amide bonds. The summed E-state index contributed by atoms with van der Waals surface area (Å²) in [5, 5.41) is 0. The normalized spacial score (nSPS) is 24.6. The molecule has 0 saturated heterocycles. The molecule has 20 heavy (non-hydrogen) atoms. The van der Waals surface area contributed by atoms with E-state index in [9.17, 15) is 4.79 Å². The van der Waals surface area contributed by atoms with Gasteiger partial charge in [0.15, 0.2) is 17.3 Å². The molecule has 0 N–H and O–H groups in total. The third kappa shape index (κ3) is 1.84. The number of allylic oxidation sites excluding steroid dienone is 2. The van der Waals surface area contributed by atoms with Gasteiger partial charge in [0.05, 0.1) is 14.2 Å². The standard InChI is InChI=1S/C17H20O3/c1-17-7-6-13(18)9-12(17)5-4-11-8-15(19-2)16(20-3)10-14(11)17/h8-10H,4-7H2,1-3H3. The maximum atomic E-state index is 11.7. The van der Waals surface area contributed by atoms with Crippen molar-refractivity contribution in [2.45, 2.75) is 38.0 Å². The lowest BCUT2D eigenvalue weighted by Crippen LogP contribution is -2.34. The number of fused-ring (bicyclic) bond motifs is 3. The molecule has 2 aliphatic rings. The predicted molar refractivity (Wildman–Crippen MR) is 77.5 cm³/mol. The summed E-state index contributed by atoms with van der Waals surface area (Å²) in [6.07, 6.45) is 5.31. The van der Waals surface area contributed by atoms with Gasteiger partial charge in [-0.05, 0) is 48.6 Å². The zero-order valence-corrected chi connectivity index (χ0v) is 12.3. The average Bonchev–Trinajstić information content (AvgIpc) is 2.47. The van der Waals surface area contributed by atoms with Crippen molar-refractivity contribution >= 4 is 5.78 Å². The molecule has 0 bridgehead atoms. The van der Waals surface area contributed by atoms with Crippen molar-refractivity contribution in [2.24, 2.45) is 0 Å². The summed E-state index contributed by atoms with van der Waals surface area (Å²) in [7, 11) is 3.33. The number of hydrogen-bond donors (Lipinski definition) is 0. The quantitative estimate of drug-likeness (QED) is 0.829. The summed E-state index contributed by atoms with van der Waals surface area (Å²) >= 11 is 0. The summed E-state index contributed by atoms with van der Waals surface area (Å²) in [6.45, 7) is 2.25. The number of ketones is 1. The van der Waals surface area contributed by atoms with Gasteiger partial charge < -0.3 is 9.47 Å². The highest BCUT2D eigenvalue weighted by molar-refractivity contribution is 5.92. The molecule has 1 aromatic rings. The fraction of sp³-hybridized carbons (Fsp3) is 0.471. The molecule has 1 unspecified atom stereocenters. The average molecular weight is 272 g/mol. The summed E-state index contributed by atoms with van der Waals surface area (Å²) in [5.41, 5.74) is 3.85. The first-order chi connectivity index (χ1) is 9.58. The van der Waals surface area contributed by atoms with Crippen molar-refractivity contribution in [3.63, 3.8) is 0 Å². The van der Waals surface area contributed by atoms with Crippen molar-refractivity contribution < 1.29 is 14.3 Å². The summed E-state index contributed by atoms with van der Waals surface area (Å²) in [5.74, 6) is 1.82. The molecule has 1 aromatic carbocycles. The van der Waals surface area contributed by atoms with Crippen molar-refractivity contribution in [3.05, 3.63) is 34.9 Å². The monoisotopic (exact) mass is 272 g/mol. The van der Waals surface area contributed by atoms with Gasteiger partial charge in [-0.2, -0.15) is 0 Å². The van der Waals surface area contributed by atoms with Gasteiger partial charge in [-0.25, -0.2) is 0 Å². The van der Waals surface area contributed by atoms with Gasteiger partial charge in [-0.1, -0.05) is 12.5 Å². The first-order valence-corrected chi connectivity index (χ1v) is 7.08. The van der Waals surface area contributed by atoms with E-state index in [-0.39, 0.29) is 11.2 Å². The molecule has 0 fully saturated rings. The SMILES string of the molecule is COc1cc2c(cc1OC)C1(C)CCC(=O)C=C1CC2. The van der Waals surface area contributed by atoms with E-state index in [0.717, 1.165) is 30.8 Å². The predicted octanol–water partition coefficient (Wildman–Crippen LogP) is 3.20.